The standard InChI is InChI=1S/C17H22BF2NO3/c1-16(2)17(3,4)24-18(23-16)12-9-13(19)11(8-14(12)20)15(22)21(5)10-6-7-10/h8-10H,6-7H2,1-5H3. The first-order valence-corrected chi connectivity index (χ1v) is 8.15. The molecule has 1 saturated carbocycles. The average Bonchev–Trinajstić information content (AvgIpc) is 3.27. The molecule has 0 aromatic heterocycles. The van der Waals surface area contributed by atoms with Gasteiger partial charge in [0.25, 0.3) is 5.91 Å². The number of benzene rings is 1. The van der Waals surface area contributed by atoms with Crippen LogP contribution in [-0.4, -0.2) is 42.2 Å². The molecule has 0 radical (unpaired) electrons. The van der Waals surface area contributed by atoms with Crippen LogP contribution in [0.25, 0.3) is 0 Å². The zero-order valence-electron chi connectivity index (χ0n) is 14.7. The van der Waals surface area contributed by atoms with Crippen molar-refractivity contribution >= 4 is 18.5 Å². The van der Waals surface area contributed by atoms with E-state index in [1.165, 1.54) is 4.90 Å². The zero-order chi connectivity index (χ0) is 17.9. The average molecular weight is 337 g/mol. The largest absolute Gasteiger partial charge is 0.497 e. The lowest BCUT2D eigenvalue weighted by Crippen LogP contribution is -2.41. The van der Waals surface area contributed by atoms with Crippen LogP contribution >= 0.6 is 0 Å². The van der Waals surface area contributed by atoms with Gasteiger partial charge in [0, 0.05) is 18.6 Å². The van der Waals surface area contributed by atoms with Gasteiger partial charge in [-0.25, -0.2) is 8.78 Å². The van der Waals surface area contributed by atoms with Crippen LogP contribution in [0.4, 0.5) is 8.78 Å². The molecule has 4 nitrogen and oxygen atoms in total. The maximum Gasteiger partial charge on any atom is 0.497 e. The molecule has 24 heavy (non-hydrogen) atoms. The predicted molar refractivity (Wildman–Crippen MR) is 87.2 cm³/mol. The van der Waals surface area contributed by atoms with E-state index < -0.39 is 35.9 Å². The number of amides is 1. The molecule has 1 aromatic carbocycles. The Hall–Kier alpha value is -1.47. The number of halogens is 2. The Morgan fingerprint density at radius 3 is 2.17 bits per heavy atom. The number of rotatable bonds is 3. The van der Waals surface area contributed by atoms with Crippen molar-refractivity contribution in [2.45, 2.75) is 57.8 Å². The highest BCUT2D eigenvalue weighted by atomic mass is 19.1. The molecule has 1 aliphatic heterocycles. The van der Waals surface area contributed by atoms with Gasteiger partial charge in [-0.2, -0.15) is 0 Å². The van der Waals surface area contributed by atoms with E-state index in [2.05, 4.69) is 0 Å². The fraction of sp³-hybridized carbons (Fsp3) is 0.588. The van der Waals surface area contributed by atoms with Gasteiger partial charge in [0.2, 0.25) is 0 Å². The molecule has 0 spiro atoms. The molecule has 1 aliphatic carbocycles. The Labute approximate surface area is 141 Å². The minimum Gasteiger partial charge on any atom is -0.399 e. The Balaban J connectivity index is 1.89. The third-order valence-corrected chi connectivity index (χ3v) is 5.24. The van der Waals surface area contributed by atoms with Gasteiger partial charge in [0.15, 0.2) is 0 Å². The van der Waals surface area contributed by atoms with E-state index in [9.17, 15) is 13.6 Å². The molecule has 0 bridgehead atoms. The van der Waals surface area contributed by atoms with Crippen molar-refractivity contribution in [1.29, 1.82) is 0 Å². The highest BCUT2D eigenvalue weighted by Crippen LogP contribution is 2.36. The molecule has 1 saturated heterocycles. The van der Waals surface area contributed by atoms with Gasteiger partial charge in [0.1, 0.15) is 11.6 Å². The molecule has 0 unspecified atom stereocenters. The van der Waals surface area contributed by atoms with Gasteiger partial charge in [-0.3, -0.25) is 4.79 Å². The summed E-state index contributed by atoms with van der Waals surface area (Å²) in [4.78, 5) is 13.8. The van der Waals surface area contributed by atoms with Crippen LogP contribution in [0.15, 0.2) is 12.1 Å². The minimum absolute atomic E-state index is 0.0308. The Morgan fingerprint density at radius 1 is 1.12 bits per heavy atom. The molecule has 2 aliphatic rings. The van der Waals surface area contributed by atoms with Crippen molar-refractivity contribution < 1.29 is 22.9 Å². The van der Waals surface area contributed by atoms with Crippen molar-refractivity contribution in [3.8, 4) is 0 Å². The first-order chi connectivity index (χ1) is 11.0. The van der Waals surface area contributed by atoms with Crippen LogP contribution in [-0.2, 0) is 9.31 Å². The van der Waals surface area contributed by atoms with Crippen LogP contribution in [0.1, 0.15) is 50.9 Å². The lowest BCUT2D eigenvalue weighted by atomic mass is 9.78. The summed E-state index contributed by atoms with van der Waals surface area (Å²) < 4.78 is 40.5. The molecule has 7 heteroatoms. The summed E-state index contributed by atoms with van der Waals surface area (Å²) in [6.45, 7) is 7.35. The highest BCUT2D eigenvalue weighted by molar-refractivity contribution is 6.62. The van der Waals surface area contributed by atoms with Gasteiger partial charge >= 0.3 is 7.12 Å². The van der Waals surface area contributed by atoms with Crippen molar-refractivity contribution in [2.75, 3.05) is 7.05 Å². The van der Waals surface area contributed by atoms with Gasteiger partial charge in [-0.1, -0.05) is 0 Å². The van der Waals surface area contributed by atoms with E-state index in [1.54, 1.807) is 7.05 Å². The molecular formula is C17H22BF2NO3. The lowest BCUT2D eigenvalue weighted by molar-refractivity contribution is 0.00578. The van der Waals surface area contributed by atoms with Crippen molar-refractivity contribution in [1.82, 2.24) is 4.90 Å². The topological polar surface area (TPSA) is 38.8 Å². The second kappa shape index (κ2) is 5.53. The smallest absolute Gasteiger partial charge is 0.399 e. The molecule has 1 amide bonds. The van der Waals surface area contributed by atoms with Crippen LogP contribution < -0.4 is 5.46 Å². The van der Waals surface area contributed by atoms with Crippen LogP contribution in [0.2, 0.25) is 0 Å². The number of nitrogens with zero attached hydrogens (tertiary/aromatic N) is 1. The van der Waals surface area contributed by atoms with E-state index in [0.29, 0.717) is 0 Å². The van der Waals surface area contributed by atoms with E-state index in [4.69, 9.17) is 9.31 Å². The van der Waals surface area contributed by atoms with E-state index in [0.717, 1.165) is 25.0 Å². The fourth-order valence-corrected chi connectivity index (χ4v) is 2.69. The summed E-state index contributed by atoms with van der Waals surface area (Å²) in [5, 5.41) is 0. The normalized spacial score (nSPS) is 21.9. The molecule has 130 valence electrons. The lowest BCUT2D eigenvalue weighted by Gasteiger charge is -2.32. The molecule has 0 atom stereocenters. The van der Waals surface area contributed by atoms with Crippen molar-refractivity contribution in [3.63, 3.8) is 0 Å². The summed E-state index contributed by atoms with van der Waals surface area (Å²) in [5.74, 6) is -1.98. The van der Waals surface area contributed by atoms with E-state index in [1.807, 2.05) is 27.7 Å². The Kier molecular flexibility index (Phi) is 4.00. The van der Waals surface area contributed by atoms with Crippen molar-refractivity contribution in [2.24, 2.45) is 0 Å². The fourth-order valence-electron chi connectivity index (χ4n) is 2.69. The molecule has 2 fully saturated rings. The molecule has 1 aromatic rings. The second-order valence-corrected chi connectivity index (χ2v) is 7.59. The molecular weight excluding hydrogens is 315 g/mol. The zero-order valence-corrected chi connectivity index (χ0v) is 14.7. The monoisotopic (exact) mass is 337 g/mol. The second-order valence-electron chi connectivity index (χ2n) is 7.59. The van der Waals surface area contributed by atoms with Crippen LogP contribution in [0, 0.1) is 11.6 Å². The Bertz CT molecular complexity index is 673. The SMILES string of the molecule is CN(C(=O)c1cc(F)c(B2OC(C)(C)C(C)(C)O2)cc1F)C1CC1. The van der Waals surface area contributed by atoms with E-state index in [-0.39, 0.29) is 17.1 Å². The predicted octanol–water partition coefficient (Wildman–Crippen LogP) is 2.50. The van der Waals surface area contributed by atoms with Gasteiger partial charge in [-0.15, -0.1) is 0 Å². The molecule has 1 heterocycles. The summed E-state index contributed by atoms with van der Waals surface area (Å²) >= 11 is 0. The van der Waals surface area contributed by atoms with E-state index >= 15 is 0 Å². The third-order valence-electron chi connectivity index (χ3n) is 5.24. The third kappa shape index (κ3) is 2.84. The van der Waals surface area contributed by atoms with Crippen LogP contribution in [0.3, 0.4) is 0 Å². The quantitative estimate of drug-likeness (QED) is 0.796. The summed E-state index contributed by atoms with van der Waals surface area (Å²) in [6.07, 6.45) is 1.80. The summed E-state index contributed by atoms with van der Waals surface area (Å²) in [7, 11) is 0.606. The first-order valence-electron chi connectivity index (χ1n) is 8.15. The maximum atomic E-state index is 14.5. The van der Waals surface area contributed by atoms with Gasteiger partial charge < -0.3 is 14.2 Å². The molecule has 3 rings (SSSR count). The van der Waals surface area contributed by atoms with Gasteiger partial charge in [0.05, 0.1) is 16.8 Å². The number of hydrogen-bond acceptors (Lipinski definition) is 3. The van der Waals surface area contributed by atoms with Crippen molar-refractivity contribution in [3.05, 3.63) is 29.3 Å². The Morgan fingerprint density at radius 2 is 1.67 bits per heavy atom. The minimum atomic E-state index is -1.00. The number of carbonyl (C=O) groups excluding carboxylic acids is 1. The molecule has 0 N–H and O–H groups in total. The summed E-state index contributed by atoms with van der Waals surface area (Å²) in [6, 6.07) is 2.07. The maximum absolute atomic E-state index is 14.5. The number of hydrogen-bond donors (Lipinski definition) is 0. The van der Waals surface area contributed by atoms with Gasteiger partial charge in [-0.05, 0) is 52.7 Å². The van der Waals surface area contributed by atoms with Crippen LogP contribution in [0.5, 0.6) is 0 Å². The number of carbonyl (C=O) groups is 1. The first kappa shape index (κ1) is 17.4. The highest BCUT2D eigenvalue weighted by Gasteiger charge is 2.52. The summed E-state index contributed by atoms with van der Waals surface area (Å²) in [5.41, 5.74) is -1.60.